The summed E-state index contributed by atoms with van der Waals surface area (Å²) < 4.78 is 42.4. The summed E-state index contributed by atoms with van der Waals surface area (Å²) in [4.78, 5) is 22.4. The van der Waals surface area contributed by atoms with Gasteiger partial charge in [-0.25, -0.2) is 17.8 Å². The van der Waals surface area contributed by atoms with E-state index in [1.165, 1.54) is 27.8 Å². The minimum Gasteiger partial charge on any atom is -0.309 e. The van der Waals surface area contributed by atoms with Gasteiger partial charge in [-0.05, 0) is 82.2 Å². The summed E-state index contributed by atoms with van der Waals surface area (Å²) in [5, 5.41) is 0.593. The highest BCUT2D eigenvalue weighted by atomic mass is 32.2. The number of sulfonamides is 1. The molecule has 1 aliphatic heterocycles. The van der Waals surface area contributed by atoms with Crippen molar-refractivity contribution in [3.8, 4) is 0 Å². The van der Waals surface area contributed by atoms with Crippen LogP contribution in [0, 0.1) is 5.82 Å². The van der Waals surface area contributed by atoms with Gasteiger partial charge in [0.1, 0.15) is 11.9 Å². The number of benzene rings is 2. The van der Waals surface area contributed by atoms with E-state index in [1.807, 2.05) is 32.3 Å². The number of carbonyl (C=O) groups is 1. The van der Waals surface area contributed by atoms with Crippen molar-refractivity contribution in [3.05, 3.63) is 53.8 Å². The van der Waals surface area contributed by atoms with Gasteiger partial charge in [-0.1, -0.05) is 30.4 Å². The lowest BCUT2D eigenvalue weighted by atomic mass is 10.1. The second-order valence-electron chi connectivity index (χ2n) is 8.99. The van der Waals surface area contributed by atoms with E-state index in [0.717, 1.165) is 47.3 Å². The van der Waals surface area contributed by atoms with Crippen molar-refractivity contribution in [2.24, 2.45) is 0 Å². The number of para-hydroxylation sites is 1. The van der Waals surface area contributed by atoms with Crippen molar-refractivity contribution in [2.75, 3.05) is 38.6 Å². The second kappa shape index (κ2) is 10.7. The van der Waals surface area contributed by atoms with Gasteiger partial charge in [-0.3, -0.25) is 9.69 Å². The number of aryl methyl sites for hydroxylation is 1. The van der Waals surface area contributed by atoms with Gasteiger partial charge in [0, 0.05) is 13.1 Å². The molecule has 188 valence electrons. The van der Waals surface area contributed by atoms with E-state index >= 15 is 0 Å². The van der Waals surface area contributed by atoms with Crippen LogP contribution in [-0.4, -0.2) is 68.3 Å². The maximum Gasteiger partial charge on any atom is 0.247 e. The predicted molar refractivity (Wildman–Crippen MR) is 138 cm³/mol. The Hall–Kier alpha value is -2.40. The van der Waals surface area contributed by atoms with Gasteiger partial charge in [0.2, 0.25) is 15.9 Å². The lowest BCUT2D eigenvalue weighted by Crippen LogP contribution is -2.48. The van der Waals surface area contributed by atoms with Crippen LogP contribution in [0.4, 0.5) is 9.52 Å². The second-order valence-corrected chi connectivity index (χ2v) is 11.9. The molecule has 1 aliphatic rings. The Kier molecular flexibility index (Phi) is 7.85. The fourth-order valence-corrected chi connectivity index (χ4v) is 7.13. The van der Waals surface area contributed by atoms with Gasteiger partial charge in [-0.2, -0.15) is 4.31 Å². The largest absolute Gasteiger partial charge is 0.309 e. The number of fused-ring (bicyclic) bond motifs is 1. The van der Waals surface area contributed by atoms with E-state index in [9.17, 15) is 17.6 Å². The number of rotatable bonds is 9. The van der Waals surface area contributed by atoms with E-state index < -0.39 is 21.9 Å². The summed E-state index contributed by atoms with van der Waals surface area (Å²) in [5.41, 5.74) is 2.01. The summed E-state index contributed by atoms with van der Waals surface area (Å²) in [6.45, 7) is 3.56. The average molecular weight is 519 g/mol. The molecule has 1 unspecified atom stereocenters. The lowest BCUT2D eigenvalue weighted by molar-refractivity contribution is -0.121. The molecule has 0 N–H and O–H groups in total. The Morgan fingerprint density at radius 3 is 2.60 bits per heavy atom. The molecule has 1 amide bonds. The Balaban J connectivity index is 1.67. The molecule has 35 heavy (non-hydrogen) atoms. The van der Waals surface area contributed by atoms with Crippen LogP contribution in [0.2, 0.25) is 0 Å². The number of thiazole rings is 1. The van der Waals surface area contributed by atoms with Crippen LogP contribution >= 0.6 is 11.3 Å². The monoisotopic (exact) mass is 518 g/mol. The zero-order chi connectivity index (χ0) is 25.2. The molecule has 1 fully saturated rings. The molecule has 1 saturated heterocycles. The molecular weight excluding hydrogens is 487 g/mol. The molecule has 0 spiro atoms. The first kappa shape index (κ1) is 25.7. The normalized spacial score (nSPS) is 16.9. The third-order valence-electron chi connectivity index (χ3n) is 6.27. The van der Waals surface area contributed by atoms with Crippen molar-refractivity contribution in [1.29, 1.82) is 0 Å². The molecule has 1 aromatic heterocycles. The SMILES string of the molecule is CCc1cccc2sc(N(CCCN(C)C)C(=O)C3CCCN3S(=O)(=O)c3ccc(F)cc3)nc12. The smallest absolute Gasteiger partial charge is 0.247 e. The van der Waals surface area contributed by atoms with Crippen LogP contribution in [0.3, 0.4) is 0 Å². The minimum atomic E-state index is -3.94. The summed E-state index contributed by atoms with van der Waals surface area (Å²) in [6, 6.07) is 9.96. The Labute approximate surface area is 210 Å². The van der Waals surface area contributed by atoms with Crippen LogP contribution in [0.5, 0.6) is 0 Å². The van der Waals surface area contributed by atoms with Gasteiger partial charge in [0.05, 0.1) is 15.1 Å². The molecule has 0 radical (unpaired) electrons. The number of hydrogen-bond donors (Lipinski definition) is 0. The van der Waals surface area contributed by atoms with E-state index in [2.05, 4.69) is 11.8 Å². The third kappa shape index (κ3) is 5.40. The average Bonchev–Trinajstić information content (AvgIpc) is 3.49. The number of hydrogen-bond acceptors (Lipinski definition) is 6. The molecule has 0 saturated carbocycles. The summed E-state index contributed by atoms with van der Waals surface area (Å²) in [5.74, 6) is -0.767. The predicted octanol–water partition coefficient (Wildman–Crippen LogP) is 4.14. The van der Waals surface area contributed by atoms with Crippen molar-refractivity contribution < 1.29 is 17.6 Å². The Morgan fingerprint density at radius 2 is 1.91 bits per heavy atom. The van der Waals surface area contributed by atoms with E-state index in [0.29, 0.717) is 24.5 Å². The zero-order valence-corrected chi connectivity index (χ0v) is 21.9. The van der Waals surface area contributed by atoms with Crippen LogP contribution < -0.4 is 4.90 Å². The number of halogens is 1. The lowest BCUT2D eigenvalue weighted by Gasteiger charge is -2.29. The molecule has 2 aromatic carbocycles. The van der Waals surface area contributed by atoms with Crippen LogP contribution in [0.1, 0.15) is 31.7 Å². The van der Waals surface area contributed by atoms with Crippen molar-refractivity contribution in [3.63, 3.8) is 0 Å². The number of anilines is 1. The fourth-order valence-electron chi connectivity index (χ4n) is 4.44. The molecule has 0 bridgehead atoms. The highest BCUT2D eigenvalue weighted by Gasteiger charge is 2.42. The van der Waals surface area contributed by atoms with Gasteiger partial charge in [0.25, 0.3) is 0 Å². The number of amides is 1. The van der Waals surface area contributed by atoms with Gasteiger partial charge >= 0.3 is 0 Å². The molecule has 7 nitrogen and oxygen atoms in total. The van der Waals surface area contributed by atoms with Crippen molar-refractivity contribution in [1.82, 2.24) is 14.2 Å². The number of nitrogens with zero attached hydrogens (tertiary/aromatic N) is 4. The first-order valence-corrected chi connectivity index (χ1v) is 14.1. The molecule has 0 aliphatic carbocycles. The number of aromatic nitrogens is 1. The van der Waals surface area contributed by atoms with Crippen molar-refractivity contribution >= 4 is 42.6 Å². The highest BCUT2D eigenvalue weighted by molar-refractivity contribution is 7.89. The standard InChI is InChI=1S/C25H31FN4O3S2/c1-4-18-8-5-10-22-23(18)27-25(34-22)29(16-7-15-28(2)3)24(31)21-9-6-17-30(21)35(32,33)20-13-11-19(26)12-14-20/h5,8,10-14,21H,4,6-7,9,15-17H2,1-3H3. The quantitative estimate of drug-likeness (QED) is 0.426. The van der Waals surface area contributed by atoms with Crippen LogP contribution in [-0.2, 0) is 21.2 Å². The Bertz CT molecular complexity index is 1290. The van der Waals surface area contributed by atoms with E-state index in [1.54, 1.807) is 4.90 Å². The molecule has 10 heteroatoms. The zero-order valence-electron chi connectivity index (χ0n) is 20.3. The van der Waals surface area contributed by atoms with Gasteiger partial charge in [0.15, 0.2) is 5.13 Å². The van der Waals surface area contributed by atoms with E-state index in [4.69, 9.17) is 4.98 Å². The Morgan fingerprint density at radius 1 is 1.17 bits per heavy atom. The summed E-state index contributed by atoms with van der Waals surface area (Å²) in [7, 11) is 0.0144. The van der Waals surface area contributed by atoms with E-state index in [-0.39, 0.29) is 17.3 Å². The maximum absolute atomic E-state index is 13.9. The molecular formula is C25H31FN4O3S2. The van der Waals surface area contributed by atoms with Gasteiger partial charge < -0.3 is 4.90 Å². The van der Waals surface area contributed by atoms with Crippen LogP contribution in [0.15, 0.2) is 47.4 Å². The topological polar surface area (TPSA) is 73.8 Å². The first-order valence-electron chi connectivity index (χ1n) is 11.8. The van der Waals surface area contributed by atoms with Crippen molar-refractivity contribution in [2.45, 2.75) is 43.5 Å². The van der Waals surface area contributed by atoms with Gasteiger partial charge in [-0.15, -0.1) is 0 Å². The minimum absolute atomic E-state index is 0.00895. The highest BCUT2D eigenvalue weighted by Crippen LogP contribution is 2.34. The first-order chi connectivity index (χ1) is 16.7. The summed E-state index contributed by atoms with van der Waals surface area (Å²) >= 11 is 1.46. The fraction of sp³-hybridized carbons (Fsp3) is 0.440. The van der Waals surface area contributed by atoms with Crippen LogP contribution in [0.25, 0.3) is 10.2 Å². The third-order valence-corrected chi connectivity index (χ3v) is 9.23. The molecule has 1 atom stereocenters. The number of carbonyl (C=O) groups excluding carboxylic acids is 1. The molecule has 3 aromatic rings. The molecule has 4 rings (SSSR count). The maximum atomic E-state index is 13.9. The molecule has 2 heterocycles. The summed E-state index contributed by atoms with van der Waals surface area (Å²) in [6.07, 6.45) is 2.59.